The van der Waals surface area contributed by atoms with Gasteiger partial charge in [0.25, 0.3) is 5.91 Å². The average molecular weight is 313 g/mol. The zero-order chi connectivity index (χ0) is 16.0. The molecule has 0 unspecified atom stereocenters. The van der Waals surface area contributed by atoms with Gasteiger partial charge in [-0.1, -0.05) is 32.4 Å². The van der Waals surface area contributed by atoms with Crippen molar-refractivity contribution in [2.24, 2.45) is 5.41 Å². The molecular weight excluding hydrogens is 292 g/mol. The highest BCUT2D eigenvalue weighted by Gasteiger charge is 2.17. The number of benzene rings is 1. The first-order valence-electron chi connectivity index (χ1n) is 6.71. The minimum Gasteiger partial charge on any atom is -0.395 e. The molecule has 1 aromatic rings. The van der Waals surface area contributed by atoms with Gasteiger partial charge in [0, 0.05) is 18.7 Å². The van der Waals surface area contributed by atoms with Crippen molar-refractivity contribution < 1.29 is 14.7 Å². The maximum absolute atomic E-state index is 11.9. The number of carbonyl (C=O) groups is 2. The summed E-state index contributed by atoms with van der Waals surface area (Å²) < 4.78 is 0. The van der Waals surface area contributed by atoms with Gasteiger partial charge in [-0.15, -0.1) is 0 Å². The topological polar surface area (TPSA) is 78.4 Å². The molecule has 0 saturated heterocycles. The Kier molecular flexibility index (Phi) is 6.18. The number of hydrogen-bond acceptors (Lipinski definition) is 3. The molecule has 6 heteroatoms. The van der Waals surface area contributed by atoms with Crippen molar-refractivity contribution >= 4 is 29.1 Å². The Balaban J connectivity index is 2.82. The first-order chi connectivity index (χ1) is 9.73. The number of nitrogens with one attached hydrogen (secondary N) is 2. The van der Waals surface area contributed by atoms with Crippen LogP contribution >= 0.6 is 11.6 Å². The van der Waals surface area contributed by atoms with Crippen LogP contribution in [0, 0.1) is 5.41 Å². The number of rotatable bonds is 5. The molecule has 2 amide bonds. The van der Waals surface area contributed by atoms with Gasteiger partial charge in [0.1, 0.15) is 0 Å². The maximum Gasteiger partial charge on any atom is 0.252 e. The van der Waals surface area contributed by atoms with E-state index in [9.17, 15) is 9.59 Å². The van der Waals surface area contributed by atoms with Crippen LogP contribution in [0.1, 0.15) is 37.6 Å². The van der Waals surface area contributed by atoms with Crippen LogP contribution in [-0.4, -0.2) is 30.1 Å². The Labute approximate surface area is 129 Å². The number of halogens is 1. The van der Waals surface area contributed by atoms with Crippen LogP contribution in [0.5, 0.6) is 0 Å². The largest absolute Gasteiger partial charge is 0.395 e. The molecule has 0 bridgehead atoms. The van der Waals surface area contributed by atoms with Gasteiger partial charge in [0.15, 0.2) is 0 Å². The summed E-state index contributed by atoms with van der Waals surface area (Å²) in [4.78, 5) is 23.8. The Bertz CT molecular complexity index is 524. The van der Waals surface area contributed by atoms with Gasteiger partial charge in [-0.25, -0.2) is 0 Å². The molecule has 1 rings (SSSR count). The molecule has 0 aliphatic carbocycles. The number of anilines is 1. The van der Waals surface area contributed by atoms with Crippen LogP contribution in [0.15, 0.2) is 18.2 Å². The molecule has 0 spiro atoms. The van der Waals surface area contributed by atoms with Crippen molar-refractivity contribution in [1.82, 2.24) is 5.32 Å². The fourth-order valence-electron chi connectivity index (χ4n) is 1.73. The fraction of sp³-hybridized carbons (Fsp3) is 0.467. The summed E-state index contributed by atoms with van der Waals surface area (Å²) in [6.07, 6.45) is 0.377. The van der Waals surface area contributed by atoms with Crippen LogP contribution in [0.25, 0.3) is 0 Å². The smallest absolute Gasteiger partial charge is 0.252 e. The van der Waals surface area contributed by atoms with Crippen molar-refractivity contribution in [1.29, 1.82) is 0 Å². The van der Waals surface area contributed by atoms with E-state index in [1.807, 2.05) is 20.8 Å². The highest BCUT2D eigenvalue weighted by atomic mass is 35.5. The molecule has 0 aliphatic rings. The van der Waals surface area contributed by atoms with Gasteiger partial charge in [-0.3, -0.25) is 9.59 Å². The summed E-state index contributed by atoms with van der Waals surface area (Å²) in [5.41, 5.74) is 0.666. The third-order valence-electron chi connectivity index (χ3n) is 2.58. The molecule has 21 heavy (non-hydrogen) atoms. The number of aliphatic hydroxyl groups excluding tert-OH is 1. The van der Waals surface area contributed by atoms with Crippen molar-refractivity contribution in [2.75, 3.05) is 18.5 Å². The summed E-state index contributed by atoms with van der Waals surface area (Å²) in [5, 5.41) is 14.3. The Morgan fingerprint density at radius 3 is 2.52 bits per heavy atom. The molecule has 0 aromatic heterocycles. The van der Waals surface area contributed by atoms with E-state index in [-0.39, 0.29) is 35.9 Å². The monoisotopic (exact) mass is 312 g/mol. The number of amides is 2. The quantitative estimate of drug-likeness (QED) is 0.781. The second-order valence-corrected chi connectivity index (χ2v) is 6.37. The molecular formula is C15H21ClN2O3. The molecule has 0 aliphatic heterocycles. The highest BCUT2D eigenvalue weighted by Crippen LogP contribution is 2.23. The Morgan fingerprint density at radius 2 is 1.95 bits per heavy atom. The SMILES string of the molecule is CC(C)(C)CC(=O)Nc1ccc(Cl)c(C(=O)NCCO)c1. The first-order valence-corrected chi connectivity index (χ1v) is 7.09. The van der Waals surface area contributed by atoms with Crippen LogP contribution in [-0.2, 0) is 4.79 Å². The van der Waals surface area contributed by atoms with Gasteiger partial charge in [-0.05, 0) is 23.6 Å². The lowest BCUT2D eigenvalue weighted by Gasteiger charge is -2.17. The predicted octanol–water partition coefficient (Wildman–Crippen LogP) is 2.44. The summed E-state index contributed by atoms with van der Waals surface area (Å²) in [6, 6.07) is 4.73. The van der Waals surface area contributed by atoms with E-state index in [0.29, 0.717) is 17.1 Å². The highest BCUT2D eigenvalue weighted by molar-refractivity contribution is 6.34. The molecule has 5 nitrogen and oxygen atoms in total. The van der Waals surface area contributed by atoms with Crippen LogP contribution in [0.3, 0.4) is 0 Å². The second-order valence-electron chi connectivity index (χ2n) is 5.96. The molecule has 0 fully saturated rings. The van der Waals surface area contributed by atoms with E-state index in [2.05, 4.69) is 10.6 Å². The summed E-state index contributed by atoms with van der Waals surface area (Å²) >= 11 is 5.98. The Morgan fingerprint density at radius 1 is 1.29 bits per heavy atom. The van der Waals surface area contributed by atoms with Gasteiger partial charge in [0.2, 0.25) is 5.91 Å². The third-order valence-corrected chi connectivity index (χ3v) is 2.91. The third kappa shape index (κ3) is 6.14. The number of aliphatic hydroxyl groups is 1. The summed E-state index contributed by atoms with van der Waals surface area (Å²) in [6.45, 7) is 5.92. The standard InChI is InChI=1S/C15H21ClN2O3/c1-15(2,3)9-13(20)18-10-4-5-12(16)11(8-10)14(21)17-6-7-19/h4-5,8,19H,6-7,9H2,1-3H3,(H,17,21)(H,18,20). The van der Waals surface area contributed by atoms with Gasteiger partial charge in [-0.2, -0.15) is 0 Å². The Hall–Kier alpha value is -1.59. The van der Waals surface area contributed by atoms with Crippen LogP contribution < -0.4 is 10.6 Å². The lowest BCUT2D eigenvalue weighted by molar-refractivity contribution is -0.117. The summed E-state index contributed by atoms with van der Waals surface area (Å²) in [5.74, 6) is -0.507. The summed E-state index contributed by atoms with van der Waals surface area (Å²) in [7, 11) is 0. The number of hydrogen-bond donors (Lipinski definition) is 3. The van der Waals surface area contributed by atoms with Crippen LogP contribution in [0.4, 0.5) is 5.69 Å². The van der Waals surface area contributed by atoms with Crippen LogP contribution in [0.2, 0.25) is 5.02 Å². The molecule has 0 heterocycles. The second kappa shape index (κ2) is 7.43. The van der Waals surface area contributed by atoms with E-state index >= 15 is 0 Å². The van der Waals surface area contributed by atoms with E-state index in [1.165, 1.54) is 6.07 Å². The fourth-order valence-corrected chi connectivity index (χ4v) is 1.93. The van der Waals surface area contributed by atoms with Gasteiger partial charge >= 0.3 is 0 Å². The first kappa shape index (κ1) is 17.5. The van der Waals surface area contributed by atoms with E-state index in [4.69, 9.17) is 16.7 Å². The maximum atomic E-state index is 11.9. The zero-order valence-corrected chi connectivity index (χ0v) is 13.3. The van der Waals surface area contributed by atoms with Crippen molar-refractivity contribution in [2.45, 2.75) is 27.2 Å². The molecule has 1 aromatic carbocycles. The number of carbonyl (C=O) groups excluding carboxylic acids is 2. The van der Waals surface area contributed by atoms with E-state index < -0.39 is 0 Å². The van der Waals surface area contributed by atoms with Gasteiger partial charge in [0.05, 0.1) is 17.2 Å². The zero-order valence-electron chi connectivity index (χ0n) is 12.5. The lowest BCUT2D eigenvalue weighted by atomic mass is 9.92. The molecule has 3 N–H and O–H groups in total. The molecule has 0 atom stereocenters. The minimum atomic E-state index is -0.388. The van der Waals surface area contributed by atoms with E-state index in [1.54, 1.807) is 12.1 Å². The van der Waals surface area contributed by atoms with Crippen molar-refractivity contribution in [3.05, 3.63) is 28.8 Å². The molecule has 0 radical (unpaired) electrons. The molecule has 0 saturated carbocycles. The average Bonchev–Trinajstić information content (AvgIpc) is 2.36. The lowest BCUT2D eigenvalue weighted by Crippen LogP contribution is -2.27. The van der Waals surface area contributed by atoms with E-state index in [0.717, 1.165) is 0 Å². The van der Waals surface area contributed by atoms with Gasteiger partial charge < -0.3 is 15.7 Å². The normalized spacial score (nSPS) is 11.1. The van der Waals surface area contributed by atoms with Crippen molar-refractivity contribution in [3.8, 4) is 0 Å². The minimum absolute atomic E-state index is 0.113. The predicted molar refractivity (Wildman–Crippen MR) is 83.6 cm³/mol. The molecule has 116 valence electrons. The van der Waals surface area contributed by atoms with Crippen molar-refractivity contribution in [3.63, 3.8) is 0 Å².